The molecule has 0 saturated carbocycles. The number of hydrogen-bond acceptors (Lipinski definition) is 4. The van der Waals surface area contributed by atoms with Gasteiger partial charge in [-0.3, -0.25) is 9.59 Å². The van der Waals surface area contributed by atoms with Crippen molar-refractivity contribution in [2.45, 2.75) is 11.8 Å². The van der Waals surface area contributed by atoms with Gasteiger partial charge >= 0.3 is 0 Å². The standard InChI is InChI=1S/C21H23ClN2O3S/c1-2-27-18-7-9-19(10-8-18)28-15-20(25)23-11-13-24(14-12-23)21(26)16-3-5-17(22)6-4-16/h3-10H,2,11-15H2,1H3. The van der Waals surface area contributed by atoms with E-state index in [1.54, 1.807) is 29.2 Å². The van der Waals surface area contributed by atoms with Gasteiger partial charge in [0, 0.05) is 41.7 Å². The summed E-state index contributed by atoms with van der Waals surface area (Å²) in [5.74, 6) is 1.30. The first-order valence-corrected chi connectivity index (χ1v) is 10.6. The lowest BCUT2D eigenvalue weighted by molar-refractivity contribution is -0.129. The molecule has 0 spiro atoms. The summed E-state index contributed by atoms with van der Waals surface area (Å²) >= 11 is 7.39. The van der Waals surface area contributed by atoms with Crippen molar-refractivity contribution in [1.82, 2.24) is 9.80 Å². The van der Waals surface area contributed by atoms with Crippen molar-refractivity contribution in [3.8, 4) is 5.75 Å². The average molecular weight is 419 g/mol. The summed E-state index contributed by atoms with van der Waals surface area (Å²) in [6.07, 6.45) is 0. The van der Waals surface area contributed by atoms with Gasteiger partial charge < -0.3 is 14.5 Å². The lowest BCUT2D eigenvalue weighted by Crippen LogP contribution is -2.51. The van der Waals surface area contributed by atoms with Crippen LogP contribution in [0.15, 0.2) is 53.4 Å². The van der Waals surface area contributed by atoms with Crippen LogP contribution in [0.4, 0.5) is 0 Å². The van der Waals surface area contributed by atoms with Crippen molar-refractivity contribution >= 4 is 35.2 Å². The molecule has 0 aliphatic carbocycles. The smallest absolute Gasteiger partial charge is 0.253 e. The third-order valence-corrected chi connectivity index (χ3v) is 5.76. The van der Waals surface area contributed by atoms with E-state index in [-0.39, 0.29) is 11.8 Å². The third-order valence-electron chi connectivity index (χ3n) is 4.51. The van der Waals surface area contributed by atoms with Crippen LogP contribution < -0.4 is 4.74 Å². The predicted octanol–water partition coefficient (Wildman–Crippen LogP) is 3.82. The van der Waals surface area contributed by atoms with Crippen LogP contribution in [0.3, 0.4) is 0 Å². The number of halogens is 1. The molecule has 2 aromatic rings. The summed E-state index contributed by atoms with van der Waals surface area (Å²) in [6.45, 7) is 4.79. The number of carbonyl (C=O) groups is 2. The molecular weight excluding hydrogens is 396 g/mol. The van der Waals surface area contributed by atoms with Crippen LogP contribution >= 0.6 is 23.4 Å². The van der Waals surface area contributed by atoms with Crippen molar-refractivity contribution in [1.29, 1.82) is 0 Å². The first kappa shape index (κ1) is 20.6. The molecule has 0 atom stereocenters. The van der Waals surface area contributed by atoms with E-state index in [1.165, 1.54) is 11.8 Å². The topological polar surface area (TPSA) is 49.9 Å². The maximum absolute atomic E-state index is 12.5. The Labute approximate surface area is 174 Å². The molecule has 2 amide bonds. The number of carbonyl (C=O) groups excluding carboxylic acids is 2. The molecular formula is C21H23ClN2O3S. The predicted molar refractivity (Wildman–Crippen MR) is 112 cm³/mol. The fourth-order valence-corrected chi connectivity index (χ4v) is 3.90. The lowest BCUT2D eigenvalue weighted by Gasteiger charge is -2.34. The normalized spacial score (nSPS) is 14.1. The van der Waals surface area contributed by atoms with E-state index in [0.29, 0.717) is 49.1 Å². The second kappa shape index (κ2) is 9.85. The maximum Gasteiger partial charge on any atom is 0.253 e. The van der Waals surface area contributed by atoms with Gasteiger partial charge in [0.15, 0.2) is 0 Å². The third kappa shape index (κ3) is 5.42. The highest BCUT2D eigenvalue weighted by Crippen LogP contribution is 2.22. The Kier molecular flexibility index (Phi) is 7.23. The van der Waals surface area contributed by atoms with Gasteiger partial charge in [0.25, 0.3) is 5.91 Å². The Hall–Kier alpha value is -2.18. The summed E-state index contributed by atoms with van der Waals surface area (Å²) in [5, 5.41) is 0.608. The van der Waals surface area contributed by atoms with E-state index in [1.807, 2.05) is 36.1 Å². The molecule has 1 aliphatic rings. The van der Waals surface area contributed by atoms with E-state index in [9.17, 15) is 9.59 Å². The number of ether oxygens (including phenoxy) is 1. The van der Waals surface area contributed by atoms with Crippen LogP contribution in [0.1, 0.15) is 17.3 Å². The van der Waals surface area contributed by atoms with Gasteiger partial charge in [-0.25, -0.2) is 0 Å². The van der Waals surface area contributed by atoms with Crippen LogP contribution in [-0.2, 0) is 4.79 Å². The van der Waals surface area contributed by atoms with Crippen LogP contribution in [0.25, 0.3) is 0 Å². The molecule has 5 nitrogen and oxygen atoms in total. The molecule has 0 aromatic heterocycles. The highest BCUT2D eigenvalue weighted by Gasteiger charge is 2.24. The first-order valence-electron chi connectivity index (χ1n) is 9.25. The van der Waals surface area contributed by atoms with E-state index >= 15 is 0 Å². The molecule has 1 saturated heterocycles. The minimum Gasteiger partial charge on any atom is -0.494 e. The van der Waals surface area contributed by atoms with Crippen molar-refractivity contribution < 1.29 is 14.3 Å². The number of piperazine rings is 1. The monoisotopic (exact) mass is 418 g/mol. The molecule has 28 heavy (non-hydrogen) atoms. The minimum absolute atomic E-state index is 0.0208. The molecule has 0 N–H and O–H groups in total. The van der Waals surface area contributed by atoms with E-state index < -0.39 is 0 Å². The van der Waals surface area contributed by atoms with Gasteiger partial charge in [-0.15, -0.1) is 11.8 Å². The van der Waals surface area contributed by atoms with Crippen LogP contribution in [0.2, 0.25) is 5.02 Å². The second-order valence-corrected chi connectivity index (χ2v) is 7.86. The van der Waals surface area contributed by atoms with Crippen molar-refractivity contribution in [3.05, 3.63) is 59.1 Å². The van der Waals surface area contributed by atoms with Crippen LogP contribution in [0.5, 0.6) is 5.75 Å². The minimum atomic E-state index is -0.0208. The van der Waals surface area contributed by atoms with Crippen molar-refractivity contribution in [2.24, 2.45) is 0 Å². The van der Waals surface area contributed by atoms with Crippen LogP contribution in [-0.4, -0.2) is 60.2 Å². The Morgan fingerprint density at radius 1 is 0.964 bits per heavy atom. The van der Waals surface area contributed by atoms with Crippen molar-refractivity contribution in [2.75, 3.05) is 38.5 Å². The summed E-state index contributed by atoms with van der Waals surface area (Å²) in [4.78, 5) is 29.7. The summed E-state index contributed by atoms with van der Waals surface area (Å²) in [7, 11) is 0. The zero-order valence-electron chi connectivity index (χ0n) is 15.8. The molecule has 0 bridgehead atoms. The van der Waals surface area contributed by atoms with Gasteiger partial charge in [-0.05, 0) is 55.5 Å². The highest BCUT2D eigenvalue weighted by molar-refractivity contribution is 8.00. The molecule has 7 heteroatoms. The Bertz CT molecular complexity index is 803. The second-order valence-electron chi connectivity index (χ2n) is 6.37. The number of thioether (sulfide) groups is 1. The molecule has 1 heterocycles. The molecule has 2 aromatic carbocycles. The number of hydrogen-bond donors (Lipinski definition) is 0. The average Bonchev–Trinajstić information content (AvgIpc) is 2.73. The molecule has 1 fully saturated rings. The summed E-state index contributed by atoms with van der Waals surface area (Å²) < 4.78 is 5.43. The molecule has 0 radical (unpaired) electrons. The van der Waals surface area contributed by atoms with Gasteiger partial charge in [0.2, 0.25) is 5.91 Å². The van der Waals surface area contributed by atoms with E-state index in [0.717, 1.165) is 10.6 Å². The Balaban J connectivity index is 1.45. The quantitative estimate of drug-likeness (QED) is 0.669. The van der Waals surface area contributed by atoms with Gasteiger partial charge in [0.05, 0.1) is 12.4 Å². The summed E-state index contributed by atoms with van der Waals surface area (Å²) in [5.41, 5.74) is 0.621. The zero-order valence-corrected chi connectivity index (χ0v) is 17.3. The Morgan fingerprint density at radius 3 is 2.18 bits per heavy atom. The van der Waals surface area contributed by atoms with Gasteiger partial charge in [0.1, 0.15) is 5.75 Å². The maximum atomic E-state index is 12.5. The fourth-order valence-electron chi connectivity index (χ4n) is 2.97. The number of benzene rings is 2. The SMILES string of the molecule is CCOc1ccc(SCC(=O)N2CCN(C(=O)c3ccc(Cl)cc3)CC2)cc1. The van der Waals surface area contributed by atoms with Gasteiger partial charge in [-0.1, -0.05) is 11.6 Å². The van der Waals surface area contributed by atoms with Gasteiger partial charge in [-0.2, -0.15) is 0 Å². The lowest BCUT2D eigenvalue weighted by atomic mass is 10.2. The first-order chi connectivity index (χ1) is 13.6. The van der Waals surface area contributed by atoms with Crippen molar-refractivity contribution in [3.63, 3.8) is 0 Å². The number of rotatable bonds is 6. The molecule has 148 valence electrons. The molecule has 3 rings (SSSR count). The Morgan fingerprint density at radius 2 is 1.57 bits per heavy atom. The molecule has 1 aliphatic heterocycles. The molecule has 0 unspecified atom stereocenters. The van der Waals surface area contributed by atoms with Crippen LogP contribution in [0, 0.1) is 0 Å². The van der Waals surface area contributed by atoms with E-state index in [2.05, 4.69) is 0 Å². The largest absolute Gasteiger partial charge is 0.494 e. The zero-order chi connectivity index (χ0) is 19.9. The number of nitrogens with zero attached hydrogens (tertiary/aromatic N) is 2. The summed E-state index contributed by atoms with van der Waals surface area (Å²) in [6, 6.07) is 14.6. The van der Waals surface area contributed by atoms with E-state index in [4.69, 9.17) is 16.3 Å². The number of amides is 2. The fraction of sp³-hybridized carbons (Fsp3) is 0.333. The highest BCUT2D eigenvalue weighted by atomic mass is 35.5.